The van der Waals surface area contributed by atoms with E-state index < -0.39 is 23.9 Å². The van der Waals surface area contributed by atoms with Gasteiger partial charge in [-0.15, -0.1) is 11.3 Å². The molecule has 2 saturated heterocycles. The summed E-state index contributed by atoms with van der Waals surface area (Å²) in [5.74, 6) is -0.528. The Bertz CT molecular complexity index is 1370. The number of carbonyl (C=O) groups is 3. The van der Waals surface area contributed by atoms with E-state index in [1.165, 1.54) is 0 Å². The number of aryl methyl sites for hydroxylation is 2. The van der Waals surface area contributed by atoms with E-state index in [1.54, 1.807) is 23.5 Å². The highest BCUT2D eigenvalue weighted by Gasteiger charge is 2.59. The molecular formula is C32H37N3O4S. The molecule has 6 rings (SSSR count). The molecule has 7 nitrogen and oxygen atoms in total. The highest BCUT2D eigenvalue weighted by Crippen LogP contribution is 2.54. The van der Waals surface area contributed by atoms with Gasteiger partial charge in [-0.25, -0.2) is 0 Å². The van der Waals surface area contributed by atoms with Crippen LogP contribution in [-0.2, 0) is 9.59 Å². The Hall–Kier alpha value is -3.23. The highest BCUT2D eigenvalue weighted by atomic mass is 32.1. The quantitative estimate of drug-likeness (QED) is 0.424. The molecule has 40 heavy (non-hydrogen) atoms. The lowest BCUT2D eigenvalue weighted by Crippen LogP contribution is -2.55. The Morgan fingerprint density at radius 3 is 2.27 bits per heavy atom. The number of hydrogen-bond acceptors (Lipinski definition) is 6. The molecule has 1 aliphatic carbocycles. The Morgan fingerprint density at radius 2 is 1.65 bits per heavy atom. The molecule has 0 radical (unpaired) electrons. The van der Waals surface area contributed by atoms with Crippen molar-refractivity contribution in [3.63, 3.8) is 0 Å². The largest absolute Gasteiger partial charge is 0.458 e. The number of rotatable bonds is 6. The van der Waals surface area contributed by atoms with Gasteiger partial charge >= 0.3 is 0 Å². The first-order chi connectivity index (χ1) is 19.5. The van der Waals surface area contributed by atoms with E-state index in [0.717, 1.165) is 41.7 Å². The maximum Gasteiger partial charge on any atom is 0.246 e. The first-order valence-corrected chi connectivity index (χ1v) is 15.3. The molecule has 4 atom stereocenters. The lowest BCUT2D eigenvalue weighted by molar-refractivity contribution is -0.148. The minimum atomic E-state index is -0.765. The summed E-state index contributed by atoms with van der Waals surface area (Å²) in [5, 5.41) is 5.36. The van der Waals surface area contributed by atoms with Crippen molar-refractivity contribution in [1.29, 1.82) is 0 Å². The minimum absolute atomic E-state index is 0.00460. The van der Waals surface area contributed by atoms with Crippen molar-refractivity contribution >= 4 is 28.9 Å². The summed E-state index contributed by atoms with van der Waals surface area (Å²) in [7, 11) is 0. The van der Waals surface area contributed by atoms with Gasteiger partial charge < -0.3 is 19.5 Å². The number of carbonyl (C=O) groups excluding carboxylic acids is 3. The van der Waals surface area contributed by atoms with E-state index in [0.29, 0.717) is 31.9 Å². The number of amides is 2. The number of furan rings is 1. The lowest BCUT2D eigenvalue weighted by Gasteiger charge is -2.37. The van der Waals surface area contributed by atoms with Crippen molar-refractivity contribution in [2.75, 3.05) is 26.2 Å². The highest BCUT2D eigenvalue weighted by molar-refractivity contribution is 7.10. The van der Waals surface area contributed by atoms with Gasteiger partial charge in [-0.3, -0.25) is 14.4 Å². The van der Waals surface area contributed by atoms with Crippen molar-refractivity contribution in [2.45, 2.75) is 57.5 Å². The molecule has 3 fully saturated rings. The first-order valence-electron chi connectivity index (χ1n) is 14.5. The van der Waals surface area contributed by atoms with Gasteiger partial charge in [0.25, 0.3) is 0 Å². The molecule has 2 aliphatic heterocycles. The smallest absolute Gasteiger partial charge is 0.246 e. The van der Waals surface area contributed by atoms with Crippen LogP contribution in [0.5, 0.6) is 0 Å². The van der Waals surface area contributed by atoms with E-state index in [2.05, 4.69) is 5.32 Å². The van der Waals surface area contributed by atoms with Gasteiger partial charge in [0, 0.05) is 42.9 Å². The molecule has 0 spiro atoms. The number of piperazine rings is 1. The second-order valence-electron chi connectivity index (χ2n) is 11.4. The van der Waals surface area contributed by atoms with Crippen LogP contribution in [0.4, 0.5) is 0 Å². The predicted molar refractivity (Wildman–Crippen MR) is 154 cm³/mol. The fourth-order valence-electron chi connectivity index (χ4n) is 7.00. The van der Waals surface area contributed by atoms with Crippen molar-refractivity contribution in [2.24, 2.45) is 11.8 Å². The fourth-order valence-corrected chi connectivity index (χ4v) is 8.11. The molecule has 2 aromatic heterocycles. The zero-order valence-corrected chi connectivity index (χ0v) is 24.0. The number of thiophene rings is 1. The van der Waals surface area contributed by atoms with Crippen LogP contribution in [0.15, 0.2) is 58.3 Å². The number of nitrogens with one attached hydrogen (secondary N) is 1. The molecule has 8 heteroatoms. The summed E-state index contributed by atoms with van der Waals surface area (Å²) in [6.45, 7) is 6.47. The van der Waals surface area contributed by atoms with Gasteiger partial charge in [0.05, 0.1) is 12.0 Å². The minimum Gasteiger partial charge on any atom is -0.458 e. The third-order valence-electron chi connectivity index (χ3n) is 8.94. The van der Waals surface area contributed by atoms with Crippen molar-refractivity contribution in [1.82, 2.24) is 15.1 Å². The zero-order chi connectivity index (χ0) is 27.8. The van der Waals surface area contributed by atoms with Crippen LogP contribution in [0.25, 0.3) is 0 Å². The Morgan fingerprint density at radius 1 is 0.925 bits per heavy atom. The number of Topliss-reactive ketones (excluding diaryl/α,β-unsaturated/α-hetero) is 1. The van der Waals surface area contributed by atoms with E-state index >= 15 is 0 Å². The summed E-state index contributed by atoms with van der Waals surface area (Å²) >= 11 is 1.58. The van der Waals surface area contributed by atoms with E-state index in [-0.39, 0.29) is 29.3 Å². The Balaban J connectivity index is 1.57. The molecule has 4 heterocycles. The predicted octanol–water partition coefficient (Wildman–Crippen LogP) is 5.11. The second kappa shape index (κ2) is 11.3. The van der Waals surface area contributed by atoms with E-state index in [9.17, 15) is 14.4 Å². The molecule has 3 aliphatic rings. The van der Waals surface area contributed by atoms with Gasteiger partial charge in [0.2, 0.25) is 17.6 Å². The normalized spacial score (nSPS) is 25.4. The molecule has 1 saturated carbocycles. The number of nitrogens with zero attached hydrogens (tertiary/aromatic N) is 2. The summed E-state index contributed by atoms with van der Waals surface area (Å²) < 4.78 is 5.89. The second-order valence-corrected chi connectivity index (χ2v) is 12.3. The van der Waals surface area contributed by atoms with Gasteiger partial charge in [0.1, 0.15) is 11.8 Å². The summed E-state index contributed by atoms with van der Waals surface area (Å²) in [5.41, 5.74) is 1.92. The SMILES string of the molecule is Cc1ccc(C(=O)C2C(c3sccc3C)C(C(=O)N3CCNCC3)N(C(=O)C3CCCC3)C2c2ccccc2)o1. The average molecular weight is 560 g/mol. The molecule has 210 valence electrons. The average Bonchev–Trinajstić information content (AvgIpc) is 3.79. The molecule has 4 unspecified atom stereocenters. The van der Waals surface area contributed by atoms with Gasteiger partial charge in [-0.1, -0.05) is 43.2 Å². The molecule has 3 aromatic rings. The van der Waals surface area contributed by atoms with Crippen LogP contribution < -0.4 is 5.32 Å². The lowest BCUT2D eigenvalue weighted by atomic mass is 9.79. The molecule has 1 aromatic carbocycles. The van der Waals surface area contributed by atoms with Crippen LogP contribution in [0.3, 0.4) is 0 Å². The van der Waals surface area contributed by atoms with Gasteiger partial charge in [0.15, 0.2) is 5.76 Å². The van der Waals surface area contributed by atoms with Crippen LogP contribution in [0, 0.1) is 25.7 Å². The van der Waals surface area contributed by atoms with Crippen LogP contribution in [0.1, 0.15) is 70.0 Å². The maximum atomic E-state index is 14.6. The summed E-state index contributed by atoms with van der Waals surface area (Å²) in [4.78, 5) is 48.4. The van der Waals surface area contributed by atoms with Crippen LogP contribution >= 0.6 is 11.3 Å². The van der Waals surface area contributed by atoms with Gasteiger partial charge in [-0.05, 0) is 61.4 Å². The fraction of sp³-hybridized carbons (Fsp3) is 0.469. The standard InChI is InChI=1S/C32H37N3O4S/c1-20-14-19-40-30(20)26-25(29(36)24-13-12-21(2)39-24)27(22-8-4-3-5-9-22)35(31(37)23-10-6-7-11-23)28(26)32(38)34-17-15-33-16-18-34/h3-5,8-9,12-14,19,23,25-28,33H,6-7,10-11,15-18H2,1-2H3. The van der Waals surface area contributed by atoms with Crippen LogP contribution in [0.2, 0.25) is 0 Å². The van der Waals surface area contributed by atoms with Crippen molar-refractivity contribution in [3.8, 4) is 0 Å². The van der Waals surface area contributed by atoms with Gasteiger partial charge in [-0.2, -0.15) is 0 Å². The third kappa shape index (κ3) is 4.81. The Labute approximate surface area is 239 Å². The summed E-state index contributed by atoms with van der Waals surface area (Å²) in [6.07, 6.45) is 3.67. The summed E-state index contributed by atoms with van der Waals surface area (Å²) in [6, 6.07) is 14.1. The topological polar surface area (TPSA) is 82.9 Å². The molecule has 0 bridgehead atoms. The number of ketones is 1. The number of benzene rings is 1. The molecule has 1 N–H and O–H groups in total. The number of hydrogen-bond donors (Lipinski definition) is 1. The number of likely N-dealkylation sites (tertiary alicyclic amines) is 1. The van der Waals surface area contributed by atoms with E-state index in [4.69, 9.17) is 4.42 Å². The third-order valence-corrected chi connectivity index (χ3v) is 10.1. The maximum absolute atomic E-state index is 14.6. The van der Waals surface area contributed by atoms with Crippen molar-refractivity contribution in [3.05, 3.63) is 81.4 Å². The van der Waals surface area contributed by atoms with Crippen molar-refractivity contribution < 1.29 is 18.8 Å². The first kappa shape index (κ1) is 27.0. The van der Waals surface area contributed by atoms with E-state index in [1.807, 2.05) is 65.4 Å². The monoisotopic (exact) mass is 559 g/mol. The zero-order valence-electron chi connectivity index (χ0n) is 23.2. The molecular weight excluding hydrogens is 522 g/mol. The molecule has 2 amide bonds. The Kier molecular flexibility index (Phi) is 7.64. The van der Waals surface area contributed by atoms with Crippen LogP contribution in [-0.4, -0.2) is 59.6 Å².